The lowest BCUT2D eigenvalue weighted by Crippen LogP contribution is -2.47. The van der Waals surface area contributed by atoms with E-state index < -0.39 is 5.60 Å². The van der Waals surface area contributed by atoms with Gasteiger partial charge in [-0.15, -0.1) is 0 Å². The van der Waals surface area contributed by atoms with E-state index in [0.29, 0.717) is 0 Å². The molecule has 0 spiro atoms. The fraction of sp³-hybridized carbons (Fsp3) is 0.889. The highest BCUT2D eigenvalue weighted by molar-refractivity contribution is 5.77. The maximum absolute atomic E-state index is 11.6. The van der Waals surface area contributed by atoms with Crippen LogP contribution in [0.15, 0.2) is 0 Å². The van der Waals surface area contributed by atoms with Crippen molar-refractivity contribution in [3.63, 3.8) is 0 Å². The highest BCUT2D eigenvalue weighted by Crippen LogP contribution is 2.10. The van der Waals surface area contributed by atoms with E-state index in [1.54, 1.807) is 18.7 Å². The van der Waals surface area contributed by atoms with Gasteiger partial charge in [-0.05, 0) is 13.8 Å². The van der Waals surface area contributed by atoms with E-state index in [0.717, 1.165) is 26.2 Å². The SMILES string of the molecule is CC(C)(O)CC(=O)N1CCNCC1. The molecule has 0 aromatic carbocycles. The lowest BCUT2D eigenvalue weighted by atomic mass is 10.0. The van der Waals surface area contributed by atoms with E-state index in [2.05, 4.69) is 5.32 Å². The third-order valence-corrected chi connectivity index (χ3v) is 2.05. The molecule has 0 aliphatic carbocycles. The summed E-state index contributed by atoms with van der Waals surface area (Å²) in [5.74, 6) is 0.0500. The Morgan fingerprint density at radius 1 is 1.46 bits per heavy atom. The van der Waals surface area contributed by atoms with Crippen molar-refractivity contribution >= 4 is 5.91 Å². The van der Waals surface area contributed by atoms with Gasteiger partial charge in [-0.25, -0.2) is 0 Å². The van der Waals surface area contributed by atoms with Gasteiger partial charge in [0.25, 0.3) is 0 Å². The Morgan fingerprint density at radius 2 is 2.00 bits per heavy atom. The first-order valence-electron chi connectivity index (χ1n) is 4.70. The zero-order valence-corrected chi connectivity index (χ0v) is 8.34. The van der Waals surface area contributed by atoms with Gasteiger partial charge in [-0.1, -0.05) is 0 Å². The molecule has 4 heteroatoms. The van der Waals surface area contributed by atoms with Crippen molar-refractivity contribution in [2.24, 2.45) is 0 Å². The minimum Gasteiger partial charge on any atom is -0.390 e. The highest BCUT2D eigenvalue weighted by Gasteiger charge is 2.23. The van der Waals surface area contributed by atoms with E-state index in [1.165, 1.54) is 0 Å². The smallest absolute Gasteiger partial charge is 0.225 e. The van der Waals surface area contributed by atoms with Gasteiger partial charge in [0.15, 0.2) is 0 Å². The molecule has 0 saturated carbocycles. The summed E-state index contributed by atoms with van der Waals surface area (Å²) in [6.07, 6.45) is 0.215. The molecule has 0 unspecified atom stereocenters. The molecule has 2 N–H and O–H groups in total. The molecule has 1 saturated heterocycles. The molecular formula is C9H18N2O2. The summed E-state index contributed by atoms with van der Waals surface area (Å²) in [6, 6.07) is 0. The molecular weight excluding hydrogens is 168 g/mol. The van der Waals surface area contributed by atoms with Crippen molar-refractivity contribution in [2.45, 2.75) is 25.9 Å². The number of amides is 1. The number of rotatable bonds is 2. The standard InChI is InChI=1S/C9H18N2O2/c1-9(2,13)7-8(12)11-5-3-10-4-6-11/h10,13H,3-7H2,1-2H3. The largest absolute Gasteiger partial charge is 0.390 e. The predicted octanol–water partition coefficient (Wildman–Crippen LogP) is -0.421. The van der Waals surface area contributed by atoms with Crippen LogP contribution in [0.3, 0.4) is 0 Å². The third kappa shape index (κ3) is 3.74. The summed E-state index contributed by atoms with van der Waals surface area (Å²) in [7, 11) is 0. The number of piperazine rings is 1. The van der Waals surface area contributed by atoms with Gasteiger partial charge in [0, 0.05) is 26.2 Å². The van der Waals surface area contributed by atoms with Gasteiger partial charge in [0.05, 0.1) is 12.0 Å². The van der Waals surface area contributed by atoms with Gasteiger partial charge in [0.1, 0.15) is 0 Å². The second kappa shape index (κ2) is 4.07. The minimum absolute atomic E-state index is 0.0500. The fourth-order valence-electron chi connectivity index (χ4n) is 1.40. The number of aliphatic hydroxyl groups is 1. The first kappa shape index (κ1) is 10.5. The monoisotopic (exact) mass is 186 g/mol. The summed E-state index contributed by atoms with van der Waals surface area (Å²) in [5.41, 5.74) is -0.887. The van der Waals surface area contributed by atoms with Crippen molar-refractivity contribution < 1.29 is 9.90 Å². The summed E-state index contributed by atoms with van der Waals surface area (Å²) in [5, 5.41) is 12.6. The summed E-state index contributed by atoms with van der Waals surface area (Å²) in [4.78, 5) is 13.4. The Morgan fingerprint density at radius 3 is 2.46 bits per heavy atom. The Labute approximate surface area is 78.9 Å². The van der Waals surface area contributed by atoms with Gasteiger partial charge >= 0.3 is 0 Å². The van der Waals surface area contributed by atoms with Crippen molar-refractivity contribution in [1.29, 1.82) is 0 Å². The summed E-state index contributed by atoms with van der Waals surface area (Å²) in [6.45, 7) is 6.55. The van der Waals surface area contributed by atoms with Crippen molar-refractivity contribution in [2.75, 3.05) is 26.2 Å². The molecule has 1 fully saturated rings. The zero-order chi connectivity index (χ0) is 9.90. The highest BCUT2D eigenvalue weighted by atomic mass is 16.3. The summed E-state index contributed by atoms with van der Waals surface area (Å²) < 4.78 is 0. The van der Waals surface area contributed by atoms with Crippen molar-refractivity contribution in [1.82, 2.24) is 10.2 Å². The second-order valence-electron chi connectivity index (χ2n) is 4.12. The molecule has 0 aromatic heterocycles. The van der Waals surface area contributed by atoms with Crippen LogP contribution < -0.4 is 5.32 Å². The van der Waals surface area contributed by atoms with E-state index in [4.69, 9.17) is 0 Å². The average molecular weight is 186 g/mol. The average Bonchev–Trinajstić information content (AvgIpc) is 2.03. The number of carbonyl (C=O) groups excluding carboxylic acids is 1. The minimum atomic E-state index is -0.887. The lowest BCUT2D eigenvalue weighted by molar-refractivity contribution is -0.135. The normalized spacial score (nSPS) is 18.8. The second-order valence-corrected chi connectivity index (χ2v) is 4.12. The topological polar surface area (TPSA) is 52.6 Å². The fourth-order valence-corrected chi connectivity index (χ4v) is 1.40. The van der Waals surface area contributed by atoms with Crippen LogP contribution in [-0.2, 0) is 4.79 Å². The Kier molecular flexibility index (Phi) is 3.27. The van der Waals surface area contributed by atoms with Crippen LogP contribution in [0.1, 0.15) is 20.3 Å². The van der Waals surface area contributed by atoms with E-state index in [-0.39, 0.29) is 12.3 Å². The predicted molar refractivity (Wildman–Crippen MR) is 50.4 cm³/mol. The maximum atomic E-state index is 11.6. The number of hydrogen-bond acceptors (Lipinski definition) is 3. The van der Waals surface area contributed by atoms with Crippen LogP contribution in [0.4, 0.5) is 0 Å². The molecule has 1 aliphatic rings. The first-order valence-corrected chi connectivity index (χ1v) is 4.70. The van der Waals surface area contributed by atoms with Crippen molar-refractivity contribution in [3.8, 4) is 0 Å². The van der Waals surface area contributed by atoms with Crippen molar-refractivity contribution in [3.05, 3.63) is 0 Å². The van der Waals surface area contributed by atoms with Crippen LogP contribution >= 0.6 is 0 Å². The Hall–Kier alpha value is -0.610. The molecule has 1 amide bonds. The number of carbonyl (C=O) groups is 1. The molecule has 0 aromatic rings. The zero-order valence-electron chi connectivity index (χ0n) is 8.34. The van der Waals surface area contributed by atoms with E-state index >= 15 is 0 Å². The number of nitrogens with zero attached hydrogens (tertiary/aromatic N) is 1. The molecule has 4 nitrogen and oxygen atoms in total. The van der Waals surface area contributed by atoms with E-state index in [1.807, 2.05) is 0 Å². The molecule has 0 bridgehead atoms. The molecule has 76 valence electrons. The molecule has 0 radical (unpaired) electrons. The molecule has 1 heterocycles. The van der Waals surface area contributed by atoms with Crippen LogP contribution in [0, 0.1) is 0 Å². The summed E-state index contributed by atoms with van der Waals surface area (Å²) >= 11 is 0. The quantitative estimate of drug-likeness (QED) is 0.616. The molecule has 1 aliphatic heterocycles. The van der Waals surface area contributed by atoms with Gasteiger partial charge in [-0.2, -0.15) is 0 Å². The molecule has 1 rings (SSSR count). The molecule has 0 atom stereocenters. The van der Waals surface area contributed by atoms with Crippen LogP contribution in [-0.4, -0.2) is 47.7 Å². The van der Waals surface area contributed by atoms with Gasteiger partial charge in [-0.3, -0.25) is 4.79 Å². The van der Waals surface area contributed by atoms with Crippen LogP contribution in [0.5, 0.6) is 0 Å². The Bertz CT molecular complexity index is 181. The maximum Gasteiger partial charge on any atom is 0.225 e. The van der Waals surface area contributed by atoms with Crippen LogP contribution in [0.2, 0.25) is 0 Å². The van der Waals surface area contributed by atoms with Gasteiger partial charge < -0.3 is 15.3 Å². The van der Waals surface area contributed by atoms with Crippen LogP contribution in [0.25, 0.3) is 0 Å². The number of hydrogen-bond donors (Lipinski definition) is 2. The lowest BCUT2D eigenvalue weighted by Gasteiger charge is -2.29. The number of nitrogens with one attached hydrogen (secondary N) is 1. The first-order chi connectivity index (χ1) is 5.99. The van der Waals surface area contributed by atoms with E-state index in [9.17, 15) is 9.90 Å². The van der Waals surface area contributed by atoms with Gasteiger partial charge in [0.2, 0.25) is 5.91 Å². The third-order valence-electron chi connectivity index (χ3n) is 2.05. The molecule has 13 heavy (non-hydrogen) atoms. The Balaban J connectivity index is 2.38.